The second kappa shape index (κ2) is 9.24. The maximum atomic E-state index is 10.5. The van der Waals surface area contributed by atoms with E-state index in [1.807, 2.05) is 0 Å². The van der Waals surface area contributed by atoms with Crippen molar-refractivity contribution >= 4 is 23.3 Å². The van der Waals surface area contributed by atoms with Gasteiger partial charge in [0.1, 0.15) is 0 Å². The van der Waals surface area contributed by atoms with Gasteiger partial charge in [-0.25, -0.2) is 0 Å². The summed E-state index contributed by atoms with van der Waals surface area (Å²) in [6.07, 6.45) is 3.48. The van der Waals surface area contributed by atoms with Crippen molar-refractivity contribution in [3.63, 3.8) is 0 Å². The molecular weight excluding hydrogens is 203 g/mol. The highest BCUT2D eigenvalue weighted by molar-refractivity contribution is 5.75. The molecule has 0 heterocycles. The van der Waals surface area contributed by atoms with E-state index in [1.54, 1.807) is 0 Å². The molecule has 0 aromatic carbocycles. The first kappa shape index (κ1) is 17.4. The summed E-state index contributed by atoms with van der Waals surface area (Å²) in [5.74, 6) is 1.27. The van der Waals surface area contributed by atoms with Crippen LogP contribution in [0.1, 0.15) is 53.4 Å². The van der Waals surface area contributed by atoms with Gasteiger partial charge in [0.25, 0.3) is 0 Å². The summed E-state index contributed by atoms with van der Waals surface area (Å²) >= 11 is 0. The van der Waals surface area contributed by atoms with E-state index in [-0.39, 0.29) is 17.4 Å². The number of carbonyl (C=O) groups is 1. The first-order valence-electron chi connectivity index (χ1n) is 5.63. The van der Waals surface area contributed by atoms with Gasteiger partial charge in [-0.05, 0) is 37.0 Å². The zero-order valence-corrected chi connectivity index (χ0v) is 9.92. The maximum Gasteiger partial charge on any atom is 0.303 e. The van der Waals surface area contributed by atoms with Crippen LogP contribution in [-0.2, 0) is 4.79 Å². The van der Waals surface area contributed by atoms with Crippen LogP contribution >= 0.6 is 0 Å². The molecule has 15 heavy (non-hydrogen) atoms. The maximum absolute atomic E-state index is 10.5. The fourth-order valence-electron chi connectivity index (χ4n) is 1.99. The largest absolute Gasteiger partial charge is 0.481 e. The molecule has 0 unspecified atom stereocenters. The zero-order chi connectivity index (χ0) is 11.1. The molecule has 0 radical (unpaired) electrons. The first-order chi connectivity index (χ1) is 6.41. The van der Waals surface area contributed by atoms with E-state index in [9.17, 15) is 4.79 Å². The first-order valence-corrected chi connectivity index (χ1v) is 5.63. The molecule has 1 N–H and O–H groups in total. The lowest BCUT2D eigenvalue weighted by Crippen LogP contribution is -2.10. The summed E-state index contributed by atoms with van der Waals surface area (Å²) < 4.78 is 0. The van der Waals surface area contributed by atoms with Crippen LogP contribution in [-0.4, -0.2) is 28.4 Å². The van der Waals surface area contributed by atoms with E-state index in [2.05, 4.69) is 27.7 Å². The highest BCUT2D eigenvalue weighted by Crippen LogP contribution is 2.24. The fraction of sp³-hybridized carbons (Fsp3) is 0.917. The van der Waals surface area contributed by atoms with Gasteiger partial charge in [-0.15, -0.1) is 0 Å². The molecule has 0 aliphatic carbocycles. The quantitative estimate of drug-likeness (QED) is 0.682. The van der Waals surface area contributed by atoms with E-state index in [1.165, 1.54) is 0 Å². The van der Waals surface area contributed by atoms with Gasteiger partial charge in [-0.3, -0.25) is 4.79 Å². The SMILES string of the molecule is CC(C)CC(CCC(=O)O)CC(C)C.[AlH3]. The molecule has 2 nitrogen and oxygen atoms in total. The Bertz CT molecular complexity index is 157. The molecule has 0 aromatic heterocycles. The predicted molar refractivity (Wildman–Crippen MR) is 69.2 cm³/mol. The molecule has 0 rings (SSSR count). The van der Waals surface area contributed by atoms with Crippen molar-refractivity contribution in [2.75, 3.05) is 0 Å². The van der Waals surface area contributed by atoms with Crippen LogP contribution in [0, 0.1) is 17.8 Å². The van der Waals surface area contributed by atoms with Gasteiger partial charge in [0.05, 0.1) is 0 Å². The molecule has 0 aliphatic heterocycles. The topological polar surface area (TPSA) is 37.3 Å². The van der Waals surface area contributed by atoms with Crippen LogP contribution in [0.25, 0.3) is 0 Å². The summed E-state index contributed by atoms with van der Waals surface area (Å²) in [6, 6.07) is 0. The van der Waals surface area contributed by atoms with Gasteiger partial charge in [0, 0.05) is 6.42 Å². The minimum atomic E-state index is -0.664. The third kappa shape index (κ3) is 11.9. The third-order valence-corrected chi connectivity index (χ3v) is 2.38. The van der Waals surface area contributed by atoms with Gasteiger partial charge < -0.3 is 5.11 Å². The van der Waals surface area contributed by atoms with Crippen LogP contribution in [0.5, 0.6) is 0 Å². The third-order valence-electron chi connectivity index (χ3n) is 2.38. The van der Waals surface area contributed by atoms with Crippen LogP contribution in [0.2, 0.25) is 0 Å². The minimum absolute atomic E-state index is 0. The highest BCUT2D eigenvalue weighted by atomic mass is 27.0. The Morgan fingerprint density at radius 1 is 1.07 bits per heavy atom. The molecule has 0 amide bonds. The summed E-state index contributed by atoms with van der Waals surface area (Å²) in [5.41, 5.74) is 0. The van der Waals surface area contributed by atoms with Crippen molar-refractivity contribution in [1.29, 1.82) is 0 Å². The van der Waals surface area contributed by atoms with Crippen LogP contribution < -0.4 is 0 Å². The van der Waals surface area contributed by atoms with E-state index in [0.29, 0.717) is 24.2 Å². The second-order valence-electron chi connectivity index (χ2n) is 5.06. The summed E-state index contributed by atoms with van der Waals surface area (Å²) in [6.45, 7) is 8.81. The van der Waals surface area contributed by atoms with Gasteiger partial charge in [-0.1, -0.05) is 27.7 Å². The van der Waals surface area contributed by atoms with E-state index >= 15 is 0 Å². The second-order valence-corrected chi connectivity index (χ2v) is 5.06. The van der Waals surface area contributed by atoms with Gasteiger partial charge in [0.15, 0.2) is 17.4 Å². The Labute approximate surface area is 105 Å². The standard InChI is InChI=1S/C12H24O2.Al.3H/c1-9(2)7-11(8-10(3)4)5-6-12(13)14;;;;/h9-11H,5-8H2,1-4H3,(H,13,14);;;;. The fourth-order valence-corrected chi connectivity index (χ4v) is 1.99. The molecule has 0 fully saturated rings. The molecule has 0 spiro atoms. The summed E-state index contributed by atoms with van der Waals surface area (Å²) in [5, 5.41) is 8.63. The summed E-state index contributed by atoms with van der Waals surface area (Å²) in [4.78, 5) is 10.5. The van der Waals surface area contributed by atoms with Gasteiger partial charge in [-0.2, -0.15) is 0 Å². The molecule has 0 atom stereocenters. The van der Waals surface area contributed by atoms with Crippen molar-refractivity contribution in [2.45, 2.75) is 53.4 Å². The van der Waals surface area contributed by atoms with Crippen molar-refractivity contribution in [3.05, 3.63) is 0 Å². The Morgan fingerprint density at radius 2 is 1.47 bits per heavy atom. The number of hydrogen-bond donors (Lipinski definition) is 1. The van der Waals surface area contributed by atoms with Crippen LogP contribution in [0.15, 0.2) is 0 Å². The molecule has 0 saturated carbocycles. The molecule has 0 bridgehead atoms. The number of aliphatic carboxylic acids is 1. The monoisotopic (exact) mass is 230 g/mol. The van der Waals surface area contributed by atoms with Crippen LogP contribution in [0.3, 0.4) is 0 Å². The smallest absolute Gasteiger partial charge is 0.303 e. The highest BCUT2D eigenvalue weighted by Gasteiger charge is 2.14. The Hall–Kier alpha value is 0.00247. The molecule has 90 valence electrons. The minimum Gasteiger partial charge on any atom is -0.481 e. The zero-order valence-electron chi connectivity index (χ0n) is 9.92. The van der Waals surface area contributed by atoms with E-state index < -0.39 is 5.97 Å². The van der Waals surface area contributed by atoms with Gasteiger partial charge >= 0.3 is 5.97 Å². The van der Waals surface area contributed by atoms with E-state index in [4.69, 9.17) is 5.11 Å². The van der Waals surface area contributed by atoms with Crippen molar-refractivity contribution in [1.82, 2.24) is 0 Å². The average molecular weight is 230 g/mol. The lowest BCUT2D eigenvalue weighted by Gasteiger charge is -2.20. The number of carboxylic acid groups (broad SMARTS) is 1. The van der Waals surface area contributed by atoms with E-state index in [0.717, 1.165) is 19.3 Å². The molecule has 0 aromatic rings. The predicted octanol–water partition coefficient (Wildman–Crippen LogP) is 2.38. The van der Waals surface area contributed by atoms with Gasteiger partial charge in [0.2, 0.25) is 0 Å². The molecule has 0 saturated heterocycles. The molecular formula is C12H27AlO2. The molecule has 0 aliphatic rings. The van der Waals surface area contributed by atoms with Crippen molar-refractivity contribution in [3.8, 4) is 0 Å². The lowest BCUT2D eigenvalue weighted by molar-refractivity contribution is -0.137. The van der Waals surface area contributed by atoms with Crippen LogP contribution in [0.4, 0.5) is 0 Å². The Kier molecular flexibility index (Phi) is 10.7. The average Bonchev–Trinajstić information content (AvgIpc) is 1.97. The Balaban J connectivity index is 0. The lowest BCUT2D eigenvalue weighted by atomic mass is 9.86. The van der Waals surface area contributed by atoms with Crippen molar-refractivity contribution in [2.24, 2.45) is 17.8 Å². The Morgan fingerprint density at radius 3 is 1.73 bits per heavy atom. The summed E-state index contributed by atoms with van der Waals surface area (Å²) in [7, 11) is 0. The molecule has 3 heteroatoms. The number of carboxylic acids is 1. The van der Waals surface area contributed by atoms with Crippen molar-refractivity contribution < 1.29 is 9.90 Å². The number of hydrogen-bond acceptors (Lipinski definition) is 1. The number of rotatable bonds is 7. The normalized spacial score (nSPS) is 10.9.